The Hall–Kier alpha value is -3.09. The van der Waals surface area contributed by atoms with E-state index in [1.807, 2.05) is 24.3 Å². The largest absolute Gasteiger partial charge is 0.497 e. The van der Waals surface area contributed by atoms with Crippen LogP contribution in [0, 0.1) is 16.0 Å². The molecule has 0 aromatic heterocycles. The van der Waals surface area contributed by atoms with Gasteiger partial charge in [0.2, 0.25) is 0 Å². The topological polar surface area (TPSA) is 93.5 Å². The number of benzene rings is 2. The number of nitrogens with one attached hydrogen (secondary N) is 2. The summed E-state index contributed by atoms with van der Waals surface area (Å²) in [5.74, 6) is 1.20. The quantitative estimate of drug-likeness (QED) is 0.616. The minimum atomic E-state index is -0.476. The van der Waals surface area contributed by atoms with Gasteiger partial charge < -0.3 is 15.4 Å². The van der Waals surface area contributed by atoms with Gasteiger partial charge in [-0.1, -0.05) is 12.1 Å². The van der Waals surface area contributed by atoms with E-state index in [1.54, 1.807) is 7.11 Å². The van der Waals surface area contributed by atoms with Crippen LogP contribution in [0.5, 0.6) is 5.75 Å². The molecule has 0 spiro atoms. The van der Waals surface area contributed by atoms with Crippen molar-refractivity contribution in [3.8, 4) is 5.75 Å². The highest BCUT2D eigenvalue weighted by Gasteiger charge is 2.33. The number of hydrogen-bond donors (Lipinski definition) is 2. The number of amides is 2. The molecule has 1 aliphatic rings. The lowest BCUT2D eigenvalue weighted by Crippen LogP contribution is -2.33. The van der Waals surface area contributed by atoms with Crippen LogP contribution in [0.25, 0.3) is 0 Å². The lowest BCUT2D eigenvalue weighted by molar-refractivity contribution is -0.384. The zero-order valence-electron chi connectivity index (χ0n) is 13.8. The summed E-state index contributed by atoms with van der Waals surface area (Å²) in [7, 11) is 1.61. The monoisotopic (exact) mass is 341 g/mol. The van der Waals surface area contributed by atoms with Gasteiger partial charge in [0.15, 0.2) is 0 Å². The number of nitro groups is 1. The zero-order valence-corrected chi connectivity index (χ0v) is 13.8. The molecule has 2 aromatic rings. The lowest BCUT2D eigenvalue weighted by Gasteiger charge is -2.19. The Morgan fingerprint density at radius 1 is 1.16 bits per heavy atom. The molecule has 0 aliphatic heterocycles. The number of non-ortho nitro benzene ring substituents is 1. The van der Waals surface area contributed by atoms with Crippen molar-refractivity contribution in [3.63, 3.8) is 0 Å². The number of carbonyl (C=O) groups excluding carboxylic acids is 1. The van der Waals surface area contributed by atoms with Crippen LogP contribution in [0.4, 0.5) is 16.2 Å². The van der Waals surface area contributed by atoms with Crippen LogP contribution in [-0.4, -0.2) is 18.1 Å². The van der Waals surface area contributed by atoms with E-state index >= 15 is 0 Å². The molecule has 1 saturated carbocycles. The maximum absolute atomic E-state index is 12.3. The summed E-state index contributed by atoms with van der Waals surface area (Å²) in [4.78, 5) is 22.5. The van der Waals surface area contributed by atoms with Crippen LogP contribution in [0.1, 0.15) is 24.4 Å². The number of methoxy groups -OCH3 is 1. The van der Waals surface area contributed by atoms with Gasteiger partial charge in [0, 0.05) is 17.8 Å². The molecule has 0 radical (unpaired) electrons. The van der Waals surface area contributed by atoms with Gasteiger partial charge in [0.25, 0.3) is 5.69 Å². The Labute approximate surface area is 145 Å². The van der Waals surface area contributed by atoms with E-state index in [4.69, 9.17) is 4.74 Å². The number of hydrogen-bond acceptors (Lipinski definition) is 4. The first kappa shape index (κ1) is 16.8. The summed E-state index contributed by atoms with van der Waals surface area (Å²) >= 11 is 0. The fraction of sp³-hybridized carbons (Fsp3) is 0.278. The van der Waals surface area contributed by atoms with E-state index in [0.29, 0.717) is 11.6 Å². The highest BCUT2D eigenvalue weighted by atomic mass is 16.6. The van der Waals surface area contributed by atoms with E-state index in [2.05, 4.69) is 10.6 Å². The standard InChI is InChI=1S/C18H19N3O4/c1-25-16-10-4-13(5-11-16)17(12-2-3-12)20-18(22)19-14-6-8-15(9-7-14)21(23)24/h4-12,17H,2-3H2,1H3,(H2,19,20,22). The van der Waals surface area contributed by atoms with E-state index < -0.39 is 4.92 Å². The fourth-order valence-electron chi connectivity index (χ4n) is 2.69. The number of rotatable bonds is 6. The molecule has 2 N–H and O–H groups in total. The minimum absolute atomic E-state index is 0.0138. The second-order valence-electron chi connectivity index (χ2n) is 5.99. The highest BCUT2D eigenvalue weighted by molar-refractivity contribution is 5.89. The molecule has 0 heterocycles. The zero-order chi connectivity index (χ0) is 17.8. The average Bonchev–Trinajstić information content (AvgIpc) is 3.45. The average molecular weight is 341 g/mol. The third kappa shape index (κ3) is 4.26. The third-order valence-electron chi connectivity index (χ3n) is 4.19. The van der Waals surface area contributed by atoms with Gasteiger partial charge in [-0.2, -0.15) is 0 Å². The van der Waals surface area contributed by atoms with Gasteiger partial charge in [-0.3, -0.25) is 10.1 Å². The van der Waals surface area contributed by atoms with Crippen molar-refractivity contribution in [3.05, 3.63) is 64.2 Å². The molecule has 0 bridgehead atoms. The number of carbonyl (C=O) groups is 1. The van der Waals surface area contributed by atoms with Crippen molar-refractivity contribution < 1.29 is 14.5 Å². The summed E-state index contributed by atoms with van der Waals surface area (Å²) < 4.78 is 5.16. The molecule has 7 nitrogen and oxygen atoms in total. The molecule has 1 unspecified atom stereocenters. The Kier molecular flexibility index (Phi) is 4.83. The first-order valence-electron chi connectivity index (χ1n) is 8.03. The maximum Gasteiger partial charge on any atom is 0.319 e. The molecule has 0 saturated heterocycles. The smallest absolute Gasteiger partial charge is 0.319 e. The molecule has 2 amide bonds. The van der Waals surface area contributed by atoms with Gasteiger partial charge in [0.1, 0.15) is 5.75 Å². The molecule has 1 atom stereocenters. The summed E-state index contributed by atoms with van der Waals surface area (Å²) in [6.45, 7) is 0. The predicted octanol–water partition coefficient (Wildman–Crippen LogP) is 3.88. The van der Waals surface area contributed by atoms with E-state index in [9.17, 15) is 14.9 Å². The molecule has 1 fully saturated rings. The van der Waals surface area contributed by atoms with Crippen molar-refractivity contribution in [2.45, 2.75) is 18.9 Å². The van der Waals surface area contributed by atoms with Crippen LogP contribution in [0.2, 0.25) is 0 Å². The Balaban J connectivity index is 1.65. The van der Waals surface area contributed by atoms with Crippen LogP contribution in [0.3, 0.4) is 0 Å². The van der Waals surface area contributed by atoms with E-state index in [-0.39, 0.29) is 17.8 Å². The maximum atomic E-state index is 12.3. The Bertz CT molecular complexity index is 755. The minimum Gasteiger partial charge on any atom is -0.497 e. The van der Waals surface area contributed by atoms with Crippen molar-refractivity contribution in [1.29, 1.82) is 0 Å². The van der Waals surface area contributed by atoms with Gasteiger partial charge in [-0.05, 0) is 48.6 Å². The predicted molar refractivity (Wildman–Crippen MR) is 93.7 cm³/mol. The first-order valence-corrected chi connectivity index (χ1v) is 8.03. The number of nitrogens with zero attached hydrogens (tertiary/aromatic N) is 1. The van der Waals surface area contributed by atoms with Crippen LogP contribution < -0.4 is 15.4 Å². The number of anilines is 1. The normalized spacial score (nSPS) is 14.4. The number of urea groups is 1. The summed E-state index contributed by atoms with van der Waals surface area (Å²) in [5.41, 5.74) is 1.52. The molecule has 2 aromatic carbocycles. The van der Waals surface area contributed by atoms with Crippen molar-refractivity contribution >= 4 is 17.4 Å². The van der Waals surface area contributed by atoms with Crippen molar-refractivity contribution in [2.24, 2.45) is 5.92 Å². The number of ether oxygens (including phenoxy) is 1. The SMILES string of the molecule is COc1ccc(C(NC(=O)Nc2ccc([N+](=O)[O-])cc2)C2CC2)cc1. The summed E-state index contributed by atoms with van der Waals surface area (Å²) in [6, 6.07) is 13.0. The van der Waals surface area contributed by atoms with Crippen LogP contribution in [0.15, 0.2) is 48.5 Å². The first-order chi connectivity index (χ1) is 12.1. The Morgan fingerprint density at radius 2 is 1.80 bits per heavy atom. The van der Waals surface area contributed by atoms with Crippen LogP contribution >= 0.6 is 0 Å². The van der Waals surface area contributed by atoms with Crippen molar-refractivity contribution in [1.82, 2.24) is 5.32 Å². The van der Waals surface area contributed by atoms with E-state index in [1.165, 1.54) is 24.3 Å². The number of nitro benzene ring substituents is 1. The van der Waals surface area contributed by atoms with Gasteiger partial charge in [-0.25, -0.2) is 4.79 Å². The molecule has 7 heteroatoms. The second-order valence-corrected chi connectivity index (χ2v) is 5.99. The summed E-state index contributed by atoms with van der Waals surface area (Å²) in [6.07, 6.45) is 2.16. The van der Waals surface area contributed by atoms with Crippen LogP contribution in [-0.2, 0) is 0 Å². The summed E-state index contributed by atoms with van der Waals surface area (Å²) in [5, 5.41) is 16.4. The molecule has 1 aliphatic carbocycles. The van der Waals surface area contributed by atoms with Crippen molar-refractivity contribution in [2.75, 3.05) is 12.4 Å². The Morgan fingerprint density at radius 3 is 2.32 bits per heavy atom. The fourth-order valence-corrected chi connectivity index (χ4v) is 2.69. The molecular formula is C18H19N3O4. The molecule has 130 valence electrons. The highest BCUT2D eigenvalue weighted by Crippen LogP contribution is 2.41. The van der Waals surface area contributed by atoms with Gasteiger partial charge >= 0.3 is 6.03 Å². The third-order valence-corrected chi connectivity index (χ3v) is 4.19. The second kappa shape index (κ2) is 7.21. The molecule has 25 heavy (non-hydrogen) atoms. The van der Waals surface area contributed by atoms with Gasteiger partial charge in [0.05, 0.1) is 18.1 Å². The molecular weight excluding hydrogens is 322 g/mol. The molecule has 3 rings (SSSR count). The van der Waals surface area contributed by atoms with E-state index in [0.717, 1.165) is 24.2 Å². The lowest BCUT2D eigenvalue weighted by atomic mass is 10.0. The van der Waals surface area contributed by atoms with Gasteiger partial charge in [-0.15, -0.1) is 0 Å².